The Morgan fingerprint density at radius 3 is 2.83 bits per heavy atom. The number of halogens is 1. The van der Waals surface area contributed by atoms with Crippen molar-refractivity contribution in [3.05, 3.63) is 76.1 Å². The van der Waals surface area contributed by atoms with Gasteiger partial charge in [0.05, 0.1) is 17.7 Å². The van der Waals surface area contributed by atoms with E-state index in [0.29, 0.717) is 29.5 Å². The number of nitrogens with one attached hydrogen (secondary N) is 1. The maximum Gasteiger partial charge on any atom is 0.261 e. The van der Waals surface area contributed by atoms with E-state index >= 15 is 0 Å². The van der Waals surface area contributed by atoms with Gasteiger partial charge in [0.15, 0.2) is 0 Å². The van der Waals surface area contributed by atoms with Gasteiger partial charge in [0, 0.05) is 5.56 Å². The highest BCUT2D eigenvalue weighted by Crippen LogP contribution is 2.18. The van der Waals surface area contributed by atoms with E-state index in [1.54, 1.807) is 36.6 Å². The van der Waals surface area contributed by atoms with Gasteiger partial charge in [-0.05, 0) is 47.8 Å². The van der Waals surface area contributed by atoms with Crippen LogP contribution in [0.2, 0.25) is 0 Å². The largest absolute Gasteiger partial charge is 0.489 e. The molecule has 6 heteroatoms. The average molecular weight is 331 g/mol. The van der Waals surface area contributed by atoms with Crippen LogP contribution in [0, 0.1) is 5.82 Å². The summed E-state index contributed by atoms with van der Waals surface area (Å²) in [5, 5.41) is 4.66. The minimum atomic E-state index is -0.302. The third-order valence-electron chi connectivity index (χ3n) is 3.10. The van der Waals surface area contributed by atoms with E-state index in [0.717, 1.165) is 5.56 Å². The molecule has 1 N–H and O–H groups in total. The molecule has 0 aliphatic carbocycles. The van der Waals surface area contributed by atoms with Crippen LogP contribution in [0.25, 0.3) is 0 Å². The van der Waals surface area contributed by atoms with Crippen molar-refractivity contribution in [1.82, 2.24) is 5.32 Å². The molecule has 3 aromatic rings. The molecule has 2 heterocycles. The Bertz CT molecular complexity index is 766. The second-order valence-electron chi connectivity index (χ2n) is 4.82. The van der Waals surface area contributed by atoms with E-state index in [4.69, 9.17) is 9.15 Å². The lowest BCUT2D eigenvalue weighted by molar-refractivity contribution is 0.0952. The number of ether oxygens (including phenoxy) is 1. The number of amides is 1. The lowest BCUT2D eigenvalue weighted by Crippen LogP contribution is -2.21. The van der Waals surface area contributed by atoms with Crippen molar-refractivity contribution in [3.63, 3.8) is 0 Å². The molecule has 2 aromatic heterocycles. The van der Waals surface area contributed by atoms with E-state index < -0.39 is 0 Å². The van der Waals surface area contributed by atoms with Crippen molar-refractivity contribution >= 4 is 17.2 Å². The van der Waals surface area contributed by atoms with Gasteiger partial charge in [-0.15, -0.1) is 11.3 Å². The Morgan fingerprint density at radius 2 is 2.09 bits per heavy atom. The van der Waals surface area contributed by atoms with Gasteiger partial charge >= 0.3 is 0 Å². The number of benzene rings is 1. The first-order chi connectivity index (χ1) is 11.2. The minimum Gasteiger partial charge on any atom is -0.489 e. The molecule has 0 radical (unpaired) electrons. The Morgan fingerprint density at radius 1 is 1.26 bits per heavy atom. The van der Waals surface area contributed by atoms with Crippen LogP contribution in [0.3, 0.4) is 0 Å². The van der Waals surface area contributed by atoms with E-state index in [1.165, 1.54) is 23.5 Å². The van der Waals surface area contributed by atoms with Crippen LogP contribution >= 0.6 is 11.3 Å². The van der Waals surface area contributed by atoms with Gasteiger partial charge in [-0.25, -0.2) is 4.39 Å². The SMILES string of the molecule is O=C(NCc1ccco1)c1cc(COc2ccc(F)cc2)cs1. The monoisotopic (exact) mass is 331 g/mol. The Labute approximate surface area is 136 Å². The van der Waals surface area contributed by atoms with Crippen molar-refractivity contribution in [2.24, 2.45) is 0 Å². The first kappa shape index (κ1) is 15.3. The molecular weight excluding hydrogens is 317 g/mol. The highest BCUT2D eigenvalue weighted by atomic mass is 32.1. The number of carbonyl (C=O) groups excluding carboxylic acids is 1. The smallest absolute Gasteiger partial charge is 0.261 e. The molecule has 23 heavy (non-hydrogen) atoms. The van der Waals surface area contributed by atoms with Crippen LogP contribution in [0.5, 0.6) is 5.75 Å². The van der Waals surface area contributed by atoms with E-state index in [1.807, 2.05) is 5.38 Å². The third kappa shape index (κ3) is 4.20. The molecule has 4 nitrogen and oxygen atoms in total. The molecule has 0 unspecified atom stereocenters. The molecule has 0 aliphatic heterocycles. The second-order valence-corrected chi connectivity index (χ2v) is 5.74. The fraction of sp³-hybridized carbons (Fsp3) is 0.118. The topological polar surface area (TPSA) is 51.5 Å². The summed E-state index contributed by atoms with van der Waals surface area (Å²) >= 11 is 1.35. The molecule has 0 aliphatic rings. The zero-order valence-electron chi connectivity index (χ0n) is 12.1. The number of furan rings is 1. The number of hydrogen-bond donors (Lipinski definition) is 1. The summed E-state index contributed by atoms with van der Waals surface area (Å²) in [7, 11) is 0. The molecular formula is C17H14FNO3S. The maximum atomic E-state index is 12.8. The third-order valence-corrected chi connectivity index (χ3v) is 4.08. The van der Waals surface area contributed by atoms with Crippen LogP contribution in [0.1, 0.15) is 21.0 Å². The quantitative estimate of drug-likeness (QED) is 0.743. The fourth-order valence-electron chi connectivity index (χ4n) is 1.94. The zero-order chi connectivity index (χ0) is 16.1. The normalized spacial score (nSPS) is 10.5. The number of carbonyl (C=O) groups is 1. The van der Waals surface area contributed by atoms with Gasteiger partial charge in [0.1, 0.15) is 23.9 Å². The summed E-state index contributed by atoms with van der Waals surface area (Å²) in [5.41, 5.74) is 0.891. The summed E-state index contributed by atoms with van der Waals surface area (Å²) in [6.45, 7) is 0.679. The van der Waals surface area contributed by atoms with E-state index in [-0.39, 0.29) is 11.7 Å². The average Bonchev–Trinajstić information content (AvgIpc) is 3.24. The molecule has 1 amide bonds. The zero-order valence-corrected chi connectivity index (χ0v) is 12.9. The van der Waals surface area contributed by atoms with E-state index in [2.05, 4.69) is 5.32 Å². The molecule has 3 rings (SSSR count). The summed E-state index contributed by atoms with van der Waals surface area (Å²) in [6.07, 6.45) is 1.57. The lowest BCUT2D eigenvalue weighted by Gasteiger charge is -2.04. The standard InChI is InChI=1S/C17H14FNO3S/c18-13-3-5-14(6-4-13)22-10-12-8-16(23-11-12)17(20)19-9-15-2-1-7-21-15/h1-8,11H,9-10H2,(H,19,20). The summed E-state index contributed by atoms with van der Waals surface area (Å²) in [4.78, 5) is 12.6. The molecule has 0 saturated carbocycles. The molecule has 118 valence electrons. The Hall–Kier alpha value is -2.60. The molecule has 0 bridgehead atoms. The van der Waals surface area contributed by atoms with Crippen LogP contribution in [0.15, 0.2) is 58.5 Å². The maximum absolute atomic E-state index is 12.8. The highest BCUT2D eigenvalue weighted by molar-refractivity contribution is 7.12. The molecule has 0 fully saturated rings. The first-order valence-electron chi connectivity index (χ1n) is 6.97. The number of rotatable bonds is 6. The van der Waals surface area contributed by atoms with Gasteiger partial charge in [-0.3, -0.25) is 4.79 Å². The van der Waals surface area contributed by atoms with Crippen LogP contribution in [0.4, 0.5) is 4.39 Å². The molecule has 0 atom stereocenters. The second kappa shape index (κ2) is 7.11. The molecule has 0 saturated heterocycles. The predicted molar refractivity (Wildman–Crippen MR) is 84.9 cm³/mol. The fourth-order valence-corrected chi connectivity index (χ4v) is 2.75. The number of hydrogen-bond acceptors (Lipinski definition) is 4. The van der Waals surface area contributed by atoms with E-state index in [9.17, 15) is 9.18 Å². The van der Waals surface area contributed by atoms with Crippen molar-refractivity contribution < 1.29 is 18.3 Å². The highest BCUT2D eigenvalue weighted by Gasteiger charge is 2.10. The predicted octanol–water partition coefficient (Wildman–Crippen LogP) is 3.99. The van der Waals surface area contributed by atoms with Gasteiger partial charge in [0.2, 0.25) is 0 Å². The number of thiophene rings is 1. The van der Waals surface area contributed by atoms with Gasteiger partial charge in [-0.2, -0.15) is 0 Å². The first-order valence-corrected chi connectivity index (χ1v) is 7.85. The van der Waals surface area contributed by atoms with Crippen LogP contribution in [-0.2, 0) is 13.2 Å². The summed E-state index contributed by atoms with van der Waals surface area (Å²) in [5.74, 6) is 0.832. The molecule has 1 aromatic carbocycles. The van der Waals surface area contributed by atoms with Crippen molar-refractivity contribution in [2.75, 3.05) is 0 Å². The van der Waals surface area contributed by atoms with Crippen molar-refractivity contribution in [3.8, 4) is 5.75 Å². The Balaban J connectivity index is 1.52. The van der Waals surface area contributed by atoms with Crippen LogP contribution < -0.4 is 10.1 Å². The van der Waals surface area contributed by atoms with Crippen LogP contribution in [-0.4, -0.2) is 5.91 Å². The van der Waals surface area contributed by atoms with Crippen molar-refractivity contribution in [2.45, 2.75) is 13.2 Å². The summed E-state index contributed by atoms with van der Waals surface area (Å²) < 4.78 is 23.5. The van der Waals surface area contributed by atoms with Gasteiger partial charge in [-0.1, -0.05) is 0 Å². The Kier molecular flexibility index (Phi) is 4.73. The summed E-state index contributed by atoms with van der Waals surface area (Å²) in [6, 6.07) is 11.2. The minimum absolute atomic E-state index is 0.153. The lowest BCUT2D eigenvalue weighted by atomic mass is 10.3. The molecule has 0 spiro atoms. The van der Waals surface area contributed by atoms with Gasteiger partial charge < -0.3 is 14.5 Å². The van der Waals surface area contributed by atoms with Gasteiger partial charge in [0.25, 0.3) is 5.91 Å². The van der Waals surface area contributed by atoms with Crippen molar-refractivity contribution in [1.29, 1.82) is 0 Å².